The molecule has 1 rings (SSSR count). The molecule has 0 aliphatic carbocycles. The predicted molar refractivity (Wildman–Crippen MR) is 60.5 cm³/mol. The molecule has 72 valence electrons. The molecule has 5 heteroatoms. The van der Waals surface area contributed by atoms with Crippen molar-refractivity contribution in [3.63, 3.8) is 0 Å². The van der Waals surface area contributed by atoms with Crippen molar-refractivity contribution < 1.29 is 0 Å². The Balaban J connectivity index is 3.32. The highest BCUT2D eigenvalue weighted by Gasteiger charge is 2.15. The molecule has 0 spiro atoms. The lowest BCUT2D eigenvalue weighted by Gasteiger charge is -2.10. The molecule has 0 fully saturated rings. The van der Waals surface area contributed by atoms with Gasteiger partial charge in [0.1, 0.15) is 4.84 Å². The van der Waals surface area contributed by atoms with E-state index in [1.807, 2.05) is 0 Å². The molecule has 0 atom stereocenters. The molecular formula is C8H5Cl5. The van der Waals surface area contributed by atoms with E-state index in [1.54, 1.807) is 12.1 Å². The highest BCUT2D eigenvalue weighted by Crippen LogP contribution is 2.38. The Bertz CT molecular complexity index is 308. The molecule has 0 aliphatic heterocycles. The topological polar surface area (TPSA) is 0 Å². The summed E-state index contributed by atoms with van der Waals surface area (Å²) in [5.41, 5.74) is 1.39. The van der Waals surface area contributed by atoms with Gasteiger partial charge >= 0.3 is 0 Å². The van der Waals surface area contributed by atoms with Crippen LogP contribution in [0, 0.1) is 0 Å². The molecule has 1 aromatic carbocycles. The van der Waals surface area contributed by atoms with E-state index in [9.17, 15) is 0 Å². The summed E-state index contributed by atoms with van der Waals surface area (Å²) in [6.45, 7) is 0. The first-order chi connectivity index (χ1) is 6.07. The van der Waals surface area contributed by atoms with Crippen molar-refractivity contribution >= 4 is 58.0 Å². The summed E-state index contributed by atoms with van der Waals surface area (Å²) in [5.74, 6) is 0.308. The van der Waals surface area contributed by atoms with Crippen LogP contribution in [0.2, 0.25) is 10.0 Å². The molecular weight excluding hydrogens is 273 g/mol. The minimum absolute atomic E-state index is 0.308. The van der Waals surface area contributed by atoms with Gasteiger partial charge in [-0.25, -0.2) is 0 Å². The van der Waals surface area contributed by atoms with E-state index in [0.29, 0.717) is 21.5 Å². The van der Waals surface area contributed by atoms with Gasteiger partial charge < -0.3 is 0 Å². The molecule has 0 bridgehead atoms. The number of hydrogen-bond acceptors (Lipinski definition) is 0. The normalized spacial score (nSPS) is 10.9. The molecule has 0 saturated heterocycles. The maximum Gasteiger partial charge on any atom is 0.134 e. The molecule has 0 amide bonds. The van der Waals surface area contributed by atoms with Crippen LogP contribution in [0.1, 0.15) is 16.0 Å². The lowest BCUT2D eigenvalue weighted by Crippen LogP contribution is -1.92. The van der Waals surface area contributed by atoms with E-state index in [-0.39, 0.29) is 0 Å². The Hall–Kier alpha value is 0.670. The zero-order chi connectivity index (χ0) is 10.0. The van der Waals surface area contributed by atoms with Crippen LogP contribution in [-0.4, -0.2) is 0 Å². The standard InChI is InChI=1S/C8H5Cl5/c9-3-4-1-2-5(10)7(11)6(4)8(12)13/h1-2,8H,3H2. The number of alkyl halides is 3. The smallest absolute Gasteiger partial charge is 0.122 e. The third-order valence-corrected chi connectivity index (χ3v) is 3.13. The Labute approximate surface area is 102 Å². The van der Waals surface area contributed by atoms with Crippen LogP contribution in [0.3, 0.4) is 0 Å². The molecule has 0 heterocycles. The van der Waals surface area contributed by atoms with Crippen LogP contribution in [0.25, 0.3) is 0 Å². The van der Waals surface area contributed by atoms with E-state index in [0.717, 1.165) is 5.56 Å². The van der Waals surface area contributed by atoms with Crippen molar-refractivity contribution in [2.24, 2.45) is 0 Å². The van der Waals surface area contributed by atoms with Gasteiger partial charge in [0.2, 0.25) is 0 Å². The van der Waals surface area contributed by atoms with Gasteiger partial charge in [0.15, 0.2) is 0 Å². The van der Waals surface area contributed by atoms with Crippen molar-refractivity contribution in [1.82, 2.24) is 0 Å². The van der Waals surface area contributed by atoms with Crippen LogP contribution >= 0.6 is 58.0 Å². The summed E-state index contributed by atoms with van der Waals surface area (Å²) >= 11 is 28.8. The average molecular weight is 278 g/mol. The van der Waals surface area contributed by atoms with Crippen molar-refractivity contribution in [1.29, 1.82) is 0 Å². The summed E-state index contributed by atoms with van der Waals surface area (Å²) in [5, 5.41) is 0.798. The van der Waals surface area contributed by atoms with E-state index in [1.165, 1.54) is 0 Å². The van der Waals surface area contributed by atoms with Crippen molar-refractivity contribution in [3.8, 4) is 0 Å². The van der Waals surface area contributed by atoms with Gasteiger partial charge in [0.25, 0.3) is 0 Å². The van der Waals surface area contributed by atoms with Gasteiger partial charge in [-0.2, -0.15) is 0 Å². The Morgan fingerprint density at radius 2 is 1.77 bits per heavy atom. The fourth-order valence-corrected chi connectivity index (χ4v) is 2.26. The highest BCUT2D eigenvalue weighted by molar-refractivity contribution is 6.47. The summed E-state index contributed by atoms with van der Waals surface area (Å²) in [6.07, 6.45) is 0. The molecule has 0 aromatic heterocycles. The van der Waals surface area contributed by atoms with Gasteiger partial charge in [-0.15, -0.1) is 11.6 Å². The zero-order valence-electron chi connectivity index (χ0n) is 6.33. The zero-order valence-corrected chi connectivity index (χ0v) is 10.1. The molecule has 13 heavy (non-hydrogen) atoms. The summed E-state index contributed by atoms with van der Waals surface area (Å²) < 4.78 is 0. The first-order valence-electron chi connectivity index (χ1n) is 3.38. The molecule has 0 unspecified atom stereocenters. The molecule has 1 aromatic rings. The number of halogens is 5. The summed E-state index contributed by atoms with van der Waals surface area (Å²) in [6, 6.07) is 3.43. The number of hydrogen-bond donors (Lipinski definition) is 0. The molecule has 0 aliphatic rings. The monoisotopic (exact) mass is 276 g/mol. The SMILES string of the molecule is ClCc1ccc(Cl)c(Cl)c1C(Cl)Cl. The molecule has 0 saturated carbocycles. The minimum atomic E-state index is -0.708. The van der Waals surface area contributed by atoms with E-state index in [2.05, 4.69) is 0 Å². The number of rotatable bonds is 2. The highest BCUT2D eigenvalue weighted by atomic mass is 35.5. The van der Waals surface area contributed by atoms with Crippen molar-refractivity contribution in [2.45, 2.75) is 10.7 Å². The van der Waals surface area contributed by atoms with Crippen LogP contribution in [0.15, 0.2) is 12.1 Å². The second-order valence-corrected chi connectivity index (χ2v) is 4.52. The second kappa shape index (κ2) is 4.95. The van der Waals surface area contributed by atoms with Crippen molar-refractivity contribution in [3.05, 3.63) is 33.3 Å². The fourth-order valence-electron chi connectivity index (χ4n) is 0.959. The Morgan fingerprint density at radius 3 is 2.23 bits per heavy atom. The van der Waals surface area contributed by atoms with E-state index in [4.69, 9.17) is 58.0 Å². The first-order valence-corrected chi connectivity index (χ1v) is 5.55. The van der Waals surface area contributed by atoms with E-state index >= 15 is 0 Å². The van der Waals surface area contributed by atoms with Crippen LogP contribution in [0.5, 0.6) is 0 Å². The van der Waals surface area contributed by atoms with Gasteiger partial charge in [-0.1, -0.05) is 52.5 Å². The maximum atomic E-state index is 5.91. The first kappa shape index (κ1) is 11.7. The lowest BCUT2D eigenvalue weighted by molar-refractivity contribution is 1.24. The molecule has 0 nitrogen and oxygen atoms in total. The van der Waals surface area contributed by atoms with Crippen molar-refractivity contribution in [2.75, 3.05) is 0 Å². The summed E-state index contributed by atoms with van der Waals surface area (Å²) in [4.78, 5) is -0.708. The van der Waals surface area contributed by atoms with Crippen LogP contribution in [0.4, 0.5) is 0 Å². The quantitative estimate of drug-likeness (QED) is 0.652. The fraction of sp³-hybridized carbons (Fsp3) is 0.250. The molecule has 0 N–H and O–H groups in total. The Morgan fingerprint density at radius 1 is 1.15 bits per heavy atom. The Kier molecular flexibility index (Phi) is 4.47. The molecule has 0 radical (unpaired) electrons. The van der Waals surface area contributed by atoms with Gasteiger partial charge in [0.05, 0.1) is 10.0 Å². The average Bonchev–Trinajstić information content (AvgIpc) is 2.08. The summed E-state index contributed by atoms with van der Waals surface area (Å²) in [7, 11) is 0. The van der Waals surface area contributed by atoms with Gasteiger partial charge in [-0.3, -0.25) is 0 Å². The third-order valence-electron chi connectivity index (χ3n) is 1.59. The second-order valence-electron chi connectivity index (χ2n) is 2.37. The maximum absolute atomic E-state index is 5.91. The number of benzene rings is 1. The lowest BCUT2D eigenvalue weighted by atomic mass is 10.1. The predicted octanol–water partition coefficient (Wildman–Crippen LogP) is 5.21. The minimum Gasteiger partial charge on any atom is -0.122 e. The van der Waals surface area contributed by atoms with Gasteiger partial charge in [0, 0.05) is 11.4 Å². The van der Waals surface area contributed by atoms with E-state index < -0.39 is 4.84 Å². The third kappa shape index (κ3) is 2.57. The van der Waals surface area contributed by atoms with Crippen LogP contribution in [-0.2, 0) is 5.88 Å². The van der Waals surface area contributed by atoms with Gasteiger partial charge in [-0.05, 0) is 11.6 Å². The van der Waals surface area contributed by atoms with Crippen LogP contribution < -0.4 is 0 Å². The largest absolute Gasteiger partial charge is 0.134 e.